The van der Waals surface area contributed by atoms with Crippen LogP contribution in [0.2, 0.25) is 0 Å². The molecule has 0 unspecified atom stereocenters. The van der Waals surface area contributed by atoms with E-state index in [0.717, 1.165) is 61.4 Å². The number of hydrogen-bond donors (Lipinski definition) is 0. The van der Waals surface area contributed by atoms with Gasteiger partial charge in [0.25, 0.3) is 0 Å². The Balaban J connectivity index is 0.930. The van der Waals surface area contributed by atoms with Crippen LogP contribution in [0.3, 0.4) is 0 Å². The van der Waals surface area contributed by atoms with Crippen LogP contribution < -0.4 is 4.90 Å². The Morgan fingerprint density at radius 2 is 0.877 bits per heavy atom. The number of nitrogens with zero attached hydrogens (tertiary/aromatic N) is 2. The molecule has 0 saturated heterocycles. The van der Waals surface area contributed by atoms with E-state index in [1.165, 1.54) is 60.0 Å². The number of anilines is 3. The van der Waals surface area contributed by atoms with Gasteiger partial charge in [0.1, 0.15) is 11.2 Å². The van der Waals surface area contributed by atoms with Crippen molar-refractivity contribution >= 4 is 82.4 Å². The SMILES string of the molecule is c1cc(-c2cccc3oc4ccccc4c23)cc(N(c2ccc(-c3ccc4c(ccc5ccccc54)c3)cc2)c2ccc(-c3ccccc3-n3c4ccccc4c4ccccc43)cc2)c1. The Kier molecular flexibility index (Phi) is 8.53. The number of benzene rings is 11. The maximum Gasteiger partial charge on any atom is 0.136 e. The first kappa shape index (κ1) is 36.9. The molecule has 0 N–H and O–H groups in total. The van der Waals surface area contributed by atoms with Crippen molar-refractivity contribution in [2.24, 2.45) is 0 Å². The third-order valence-corrected chi connectivity index (χ3v) is 13.2. The van der Waals surface area contributed by atoms with Gasteiger partial charge in [-0.1, -0.05) is 170 Å². The molecule has 0 aliphatic rings. The van der Waals surface area contributed by atoms with Gasteiger partial charge in [0.15, 0.2) is 0 Å². The van der Waals surface area contributed by atoms with Crippen molar-refractivity contribution in [2.45, 2.75) is 0 Å². The lowest BCUT2D eigenvalue weighted by Gasteiger charge is -2.26. The largest absolute Gasteiger partial charge is 0.456 e. The summed E-state index contributed by atoms with van der Waals surface area (Å²) in [6.07, 6.45) is 0. The molecular formula is C62H40N2O. The molecule has 0 saturated carbocycles. The van der Waals surface area contributed by atoms with Crippen LogP contribution in [-0.2, 0) is 0 Å². The lowest BCUT2D eigenvalue weighted by Crippen LogP contribution is -2.10. The Morgan fingerprint density at radius 1 is 0.308 bits per heavy atom. The number of rotatable bonds is 7. The Hall–Kier alpha value is -8.66. The zero-order chi connectivity index (χ0) is 42.8. The van der Waals surface area contributed by atoms with Gasteiger partial charge in [0.05, 0.1) is 16.7 Å². The van der Waals surface area contributed by atoms with Crippen LogP contribution in [0.15, 0.2) is 247 Å². The van der Waals surface area contributed by atoms with Crippen molar-refractivity contribution in [3.05, 3.63) is 243 Å². The summed E-state index contributed by atoms with van der Waals surface area (Å²) in [5.41, 5.74) is 15.5. The van der Waals surface area contributed by atoms with Gasteiger partial charge in [-0.25, -0.2) is 0 Å². The van der Waals surface area contributed by atoms with Crippen molar-refractivity contribution in [3.8, 4) is 39.1 Å². The molecule has 65 heavy (non-hydrogen) atoms. The molecule has 13 rings (SSSR count). The van der Waals surface area contributed by atoms with Gasteiger partial charge in [-0.15, -0.1) is 0 Å². The van der Waals surface area contributed by atoms with E-state index in [9.17, 15) is 0 Å². The number of fused-ring (bicyclic) bond motifs is 9. The highest BCUT2D eigenvalue weighted by Crippen LogP contribution is 2.43. The third kappa shape index (κ3) is 6.12. The summed E-state index contributed by atoms with van der Waals surface area (Å²) in [6.45, 7) is 0. The first-order valence-electron chi connectivity index (χ1n) is 22.2. The normalized spacial score (nSPS) is 11.7. The van der Waals surface area contributed by atoms with Crippen molar-refractivity contribution in [1.29, 1.82) is 0 Å². The second-order valence-corrected chi connectivity index (χ2v) is 16.9. The maximum atomic E-state index is 6.33. The van der Waals surface area contributed by atoms with E-state index in [1.54, 1.807) is 0 Å². The average molecular weight is 829 g/mol. The predicted octanol–water partition coefficient (Wildman–Crippen LogP) is 17.5. The maximum absolute atomic E-state index is 6.33. The molecule has 0 aliphatic carbocycles. The summed E-state index contributed by atoms with van der Waals surface area (Å²) in [5, 5.41) is 9.81. The summed E-state index contributed by atoms with van der Waals surface area (Å²) < 4.78 is 8.74. The van der Waals surface area contributed by atoms with Gasteiger partial charge in [-0.2, -0.15) is 0 Å². The van der Waals surface area contributed by atoms with E-state index < -0.39 is 0 Å². The second-order valence-electron chi connectivity index (χ2n) is 16.9. The van der Waals surface area contributed by atoms with E-state index in [2.05, 4.69) is 240 Å². The zero-order valence-electron chi connectivity index (χ0n) is 35.4. The Morgan fingerprint density at radius 3 is 1.66 bits per heavy atom. The van der Waals surface area contributed by atoms with Gasteiger partial charge in [-0.05, 0) is 122 Å². The van der Waals surface area contributed by atoms with Crippen molar-refractivity contribution in [1.82, 2.24) is 4.57 Å². The molecule has 2 aromatic heterocycles. The molecule has 3 heteroatoms. The summed E-state index contributed by atoms with van der Waals surface area (Å²) >= 11 is 0. The fourth-order valence-corrected chi connectivity index (χ4v) is 10.2. The molecule has 3 nitrogen and oxygen atoms in total. The number of aromatic nitrogens is 1. The van der Waals surface area contributed by atoms with E-state index in [0.29, 0.717) is 0 Å². The number of furan rings is 1. The van der Waals surface area contributed by atoms with Gasteiger partial charge in [-0.3, -0.25) is 0 Å². The quantitative estimate of drug-likeness (QED) is 0.149. The zero-order valence-corrected chi connectivity index (χ0v) is 35.4. The van der Waals surface area contributed by atoms with Crippen LogP contribution >= 0.6 is 0 Å². The first-order chi connectivity index (χ1) is 32.2. The van der Waals surface area contributed by atoms with Crippen LogP contribution in [0.1, 0.15) is 0 Å². The molecule has 0 fully saturated rings. The molecule has 304 valence electrons. The van der Waals surface area contributed by atoms with Crippen LogP contribution in [0, 0.1) is 0 Å². The highest BCUT2D eigenvalue weighted by molar-refractivity contribution is 6.13. The van der Waals surface area contributed by atoms with Crippen LogP contribution in [0.5, 0.6) is 0 Å². The highest BCUT2D eigenvalue weighted by atomic mass is 16.3. The molecule has 0 atom stereocenters. The van der Waals surface area contributed by atoms with Crippen LogP contribution in [0.25, 0.3) is 104 Å². The first-order valence-corrected chi connectivity index (χ1v) is 22.2. The van der Waals surface area contributed by atoms with Crippen molar-refractivity contribution in [2.75, 3.05) is 4.90 Å². The minimum Gasteiger partial charge on any atom is -0.456 e. The standard InChI is InChI=1S/C62H40N2O/c1-2-16-50-42(13-1)27-28-46-39-44(33-38-51(46)50)41-29-34-47(35-30-41)63(49-15-11-14-45(40-49)53-21-12-26-61-62(53)56-20-6-10-25-60(56)65-61)48-36-31-43(32-37-48)52-17-3-7-22-57(52)64-58-23-8-4-18-54(58)55-19-5-9-24-59(55)64/h1-40H. The van der Waals surface area contributed by atoms with Crippen LogP contribution in [0.4, 0.5) is 17.1 Å². The van der Waals surface area contributed by atoms with Crippen molar-refractivity contribution in [3.63, 3.8) is 0 Å². The molecule has 13 aromatic rings. The van der Waals surface area contributed by atoms with Gasteiger partial charge >= 0.3 is 0 Å². The summed E-state index contributed by atoms with van der Waals surface area (Å²) in [4.78, 5) is 2.37. The summed E-state index contributed by atoms with van der Waals surface area (Å²) in [6, 6.07) is 87.7. The van der Waals surface area contributed by atoms with E-state index in [-0.39, 0.29) is 0 Å². The lowest BCUT2D eigenvalue weighted by molar-refractivity contribution is 0.669. The van der Waals surface area contributed by atoms with Crippen LogP contribution in [-0.4, -0.2) is 4.57 Å². The molecule has 0 spiro atoms. The molecular weight excluding hydrogens is 789 g/mol. The van der Waals surface area contributed by atoms with Gasteiger partial charge < -0.3 is 13.9 Å². The summed E-state index contributed by atoms with van der Waals surface area (Å²) in [7, 11) is 0. The Labute approximate surface area is 376 Å². The Bertz CT molecular complexity index is 3900. The molecule has 0 bridgehead atoms. The predicted molar refractivity (Wildman–Crippen MR) is 274 cm³/mol. The monoisotopic (exact) mass is 828 g/mol. The van der Waals surface area contributed by atoms with E-state index in [1.807, 2.05) is 12.1 Å². The summed E-state index contributed by atoms with van der Waals surface area (Å²) in [5.74, 6) is 0. The van der Waals surface area contributed by atoms with E-state index in [4.69, 9.17) is 4.42 Å². The minimum absolute atomic E-state index is 0.889. The number of hydrogen-bond acceptors (Lipinski definition) is 2. The molecule has 2 heterocycles. The minimum atomic E-state index is 0.889. The molecule has 0 radical (unpaired) electrons. The fraction of sp³-hybridized carbons (Fsp3) is 0. The second kappa shape index (κ2) is 15.0. The topological polar surface area (TPSA) is 21.3 Å². The van der Waals surface area contributed by atoms with Gasteiger partial charge in [0.2, 0.25) is 0 Å². The van der Waals surface area contributed by atoms with Crippen molar-refractivity contribution < 1.29 is 4.42 Å². The highest BCUT2D eigenvalue weighted by Gasteiger charge is 2.19. The molecule has 0 amide bonds. The smallest absolute Gasteiger partial charge is 0.136 e. The average Bonchev–Trinajstić information content (AvgIpc) is 3.93. The lowest BCUT2D eigenvalue weighted by atomic mass is 9.97. The fourth-order valence-electron chi connectivity index (χ4n) is 10.2. The molecule has 11 aromatic carbocycles. The van der Waals surface area contributed by atoms with E-state index >= 15 is 0 Å². The molecule has 0 aliphatic heterocycles. The third-order valence-electron chi connectivity index (χ3n) is 13.2. The van der Waals surface area contributed by atoms with Gasteiger partial charge in [0, 0.05) is 44.2 Å². The number of para-hydroxylation sites is 4.